The third kappa shape index (κ3) is 10.9. The Kier molecular flexibility index (Phi) is 15.6. The topological polar surface area (TPSA) is 155 Å². The Bertz CT molecular complexity index is 1430. The first kappa shape index (κ1) is 41.9. The molecular formula is C37H56N4O9. The summed E-state index contributed by atoms with van der Waals surface area (Å²) in [4.78, 5) is 31.2. The van der Waals surface area contributed by atoms with Crippen LogP contribution < -0.4 is 24.3 Å². The third-order valence-electron chi connectivity index (χ3n) is 9.10. The largest absolute Gasteiger partial charge is 0.493 e. The molecule has 0 fully saturated rings. The highest BCUT2D eigenvalue weighted by Gasteiger charge is 2.45. The molecule has 0 aliphatic carbocycles. The number of rotatable bonds is 22. The van der Waals surface area contributed by atoms with E-state index in [1.54, 1.807) is 49.0 Å². The van der Waals surface area contributed by atoms with E-state index in [1.807, 2.05) is 36.4 Å². The Balaban J connectivity index is 2.13. The van der Waals surface area contributed by atoms with Crippen molar-refractivity contribution in [1.82, 2.24) is 10.2 Å². The summed E-state index contributed by atoms with van der Waals surface area (Å²) in [7, 11) is 8.14. The molecule has 278 valence electrons. The number of para-hydroxylation sites is 1. The van der Waals surface area contributed by atoms with Crippen LogP contribution in [0, 0.1) is 32.8 Å². The van der Waals surface area contributed by atoms with E-state index in [0.717, 1.165) is 30.6 Å². The quantitative estimate of drug-likeness (QED) is 0.120. The average molecular weight is 701 g/mol. The van der Waals surface area contributed by atoms with Crippen LogP contribution in [0.15, 0.2) is 36.4 Å². The highest BCUT2D eigenvalue weighted by molar-refractivity contribution is 5.78. The van der Waals surface area contributed by atoms with Gasteiger partial charge in [0, 0.05) is 19.1 Å². The van der Waals surface area contributed by atoms with Gasteiger partial charge in [-0.05, 0) is 81.9 Å². The summed E-state index contributed by atoms with van der Waals surface area (Å²) in [5.74, 6) is 1.80. The molecule has 0 aliphatic rings. The molecule has 1 amide bonds. The summed E-state index contributed by atoms with van der Waals surface area (Å²) in [5, 5.41) is 24.0. The van der Waals surface area contributed by atoms with E-state index in [0.29, 0.717) is 35.8 Å². The third-order valence-corrected chi connectivity index (χ3v) is 9.10. The zero-order valence-electron chi connectivity index (χ0n) is 31.6. The van der Waals surface area contributed by atoms with Crippen molar-refractivity contribution in [3.05, 3.63) is 57.6 Å². The van der Waals surface area contributed by atoms with Crippen molar-refractivity contribution in [2.24, 2.45) is 11.3 Å². The molecule has 0 saturated heterocycles. The lowest BCUT2D eigenvalue weighted by Crippen LogP contribution is -2.60. The monoisotopic (exact) mass is 700 g/mol. The number of carbonyl (C=O) groups is 1. The van der Waals surface area contributed by atoms with Gasteiger partial charge in [0.1, 0.15) is 18.5 Å². The summed E-state index contributed by atoms with van der Waals surface area (Å²) in [6.07, 6.45) is 1.07. The van der Waals surface area contributed by atoms with Crippen molar-refractivity contribution in [1.29, 1.82) is 5.26 Å². The van der Waals surface area contributed by atoms with Crippen LogP contribution in [0.2, 0.25) is 0 Å². The number of hydrogen-bond acceptors (Lipinski definition) is 11. The average Bonchev–Trinajstić information content (AvgIpc) is 3.06. The normalized spacial score (nSPS) is 13.6. The van der Waals surface area contributed by atoms with Gasteiger partial charge in [0.15, 0.2) is 11.5 Å². The van der Waals surface area contributed by atoms with Gasteiger partial charge >= 0.3 is 0 Å². The predicted octanol–water partition coefficient (Wildman–Crippen LogP) is 5.61. The van der Waals surface area contributed by atoms with Gasteiger partial charge in [0.2, 0.25) is 11.7 Å². The summed E-state index contributed by atoms with van der Waals surface area (Å²) in [6, 6.07) is 14.1. The number of benzene rings is 2. The van der Waals surface area contributed by atoms with Crippen molar-refractivity contribution in [2.75, 3.05) is 61.8 Å². The minimum atomic E-state index is -1.11. The van der Waals surface area contributed by atoms with Crippen LogP contribution in [0.25, 0.3) is 0 Å². The van der Waals surface area contributed by atoms with E-state index >= 15 is 0 Å². The summed E-state index contributed by atoms with van der Waals surface area (Å²) in [6.45, 7) is 12.5. The summed E-state index contributed by atoms with van der Waals surface area (Å²) < 4.78 is 27.9. The van der Waals surface area contributed by atoms with Crippen molar-refractivity contribution in [3.8, 4) is 29.1 Å². The molecule has 2 atom stereocenters. The molecule has 0 heterocycles. The molecule has 0 radical (unpaired) electrons. The zero-order valence-corrected chi connectivity index (χ0v) is 31.6. The van der Waals surface area contributed by atoms with Crippen molar-refractivity contribution in [2.45, 2.75) is 77.9 Å². The first-order valence-corrected chi connectivity index (χ1v) is 16.7. The molecule has 0 saturated carbocycles. The fourth-order valence-electron chi connectivity index (χ4n) is 6.53. The highest BCUT2D eigenvalue weighted by Crippen LogP contribution is 2.45. The van der Waals surface area contributed by atoms with Crippen molar-refractivity contribution in [3.63, 3.8) is 0 Å². The van der Waals surface area contributed by atoms with E-state index in [9.17, 15) is 20.2 Å². The van der Waals surface area contributed by atoms with Gasteiger partial charge in [-0.25, -0.2) is 0 Å². The molecule has 2 aromatic carbocycles. The molecule has 0 aromatic heterocycles. The lowest BCUT2D eigenvalue weighted by Gasteiger charge is -2.42. The Hall–Kier alpha value is -4.28. The van der Waals surface area contributed by atoms with Gasteiger partial charge in [-0.15, -0.1) is 10.1 Å². The first-order valence-electron chi connectivity index (χ1n) is 16.7. The maximum Gasteiger partial charge on any atom is 0.294 e. The minimum absolute atomic E-state index is 0.0245. The molecule has 0 bridgehead atoms. The number of hydrogen-bond donors (Lipinski definition) is 1. The lowest BCUT2D eigenvalue weighted by molar-refractivity contribution is -0.774. The van der Waals surface area contributed by atoms with Crippen LogP contribution in [0.1, 0.15) is 65.5 Å². The molecule has 0 aliphatic heterocycles. The van der Waals surface area contributed by atoms with Crippen molar-refractivity contribution < 1.29 is 38.4 Å². The second-order valence-corrected chi connectivity index (χ2v) is 14.1. The van der Waals surface area contributed by atoms with Gasteiger partial charge in [-0.2, -0.15) is 5.26 Å². The maximum atomic E-state index is 12.3. The highest BCUT2D eigenvalue weighted by atomic mass is 17.0. The molecule has 2 rings (SSSR count). The molecule has 50 heavy (non-hydrogen) atoms. The number of nitrogens with zero attached hydrogens (tertiary/aromatic N) is 3. The van der Waals surface area contributed by atoms with Crippen LogP contribution in [0.3, 0.4) is 0 Å². The van der Waals surface area contributed by atoms with Gasteiger partial charge in [0.05, 0.1) is 45.0 Å². The number of methoxy groups -OCH3 is 4. The Labute approximate surface area is 297 Å². The van der Waals surface area contributed by atoms with Crippen LogP contribution in [-0.2, 0) is 26.2 Å². The minimum Gasteiger partial charge on any atom is -0.493 e. The number of ether oxygens (including phenoxy) is 5. The molecule has 13 nitrogen and oxygen atoms in total. The summed E-state index contributed by atoms with van der Waals surface area (Å²) >= 11 is 0. The van der Waals surface area contributed by atoms with Crippen LogP contribution in [0.5, 0.6) is 23.0 Å². The Morgan fingerprint density at radius 2 is 1.62 bits per heavy atom. The fourth-order valence-corrected chi connectivity index (χ4v) is 6.53. The van der Waals surface area contributed by atoms with E-state index in [-0.39, 0.29) is 19.1 Å². The standard InChI is InChI=1S/C37H56N4O9/c1-26(2)37(24-38,28-21-30(46-9)33(48-11)31(22-28)47-10)18-14-19-40(7)20-17-27-15-12-13-16-29(27)49-25-35(3,4)34(50-41(43)44)36(5,6)39-32(42)23-45-8/h12-13,15-16,21-22,26,34H,14,17-20,23,25H2,1-11H3,(H,39,42). The SMILES string of the molecule is COCC(=O)NC(C)(C)C(O[N+](=O)[O-])C(C)(C)COc1ccccc1CCN(C)CCCC(C#N)(c1cc(OC)c(OC)c(OC)c1)C(C)C. The van der Waals surface area contributed by atoms with E-state index in [4.69, 9.17) is 28.5 Å². The van der Waals surface area contributed by atoms with E-state index in [1.165, 1.54) is 7.11 Å². The number of carbonyl (C=O) groups excluding carboxylic acids is 1. The second kappa shape index (κ2) is 18.6. The van der Waals surface area contributed by atoms with Crippen LogP contribution in [-0.4, -0.2) is 89.3 Å². The molecule has 13 heteroatoms. The lowest BCUT2D eigenvalue weighted by atomic mass is 9.69. The summed E-state index contributed by atoms with van der Waals surface area (Å²) in [5.41, 5.74) is -0.947. The van der Waals surface area contributed by atoms with Crippen molar-refractivity contribution >= 4 is 5.91 Å². The number of likely N-dealkylation sites (N-methyl/N-ethyl adjacent to an activating group) is 1. The number of nitriles is 1. The van der Waals surface area contributed by atoms with Gasteiger partial charge < -0.3 is 38.7 Å². The Morgan fingerprint density at radius 1 is 1.00 bits per heavy atom. The van der Waals surface area contributed by atoms with Crippen LogP contribution in [0.4, 0.5) is 0 Å². The van der Waals surface area contributed by atoms with Gasteiger partial charge in [-0.3, -0.25) is 4.79 Å². The molecule has 2 aromatic rings. The smallest absolute Gasteiger partial charge is 0.294 e. The fraction of sp³-hybridized carbons (Fsp3) is 0.622. The predicted molar refractivity (Wildman–Crippen MR) is 190 cm³/mol. The zero-order chi connectivity index (χ0) is 37.7. The Morgan fingerprint density at radius 3 is 2.14 bits per heavy atom. The molecular weight excluding hydrogens is 644 g/mol. The van der Waals surface area contributed by atoms with E-state index in [2.05, 4.69) is 37.2 Å². The van der Waals surface area contributed by atoms with E-state index < -0.39 is 33.5 Å². The molecule has 2 unspecified atom stereocenters. The number of amides is 1. The first-order chi connectivity index (χ1) is 23.5. The van der Waals surface area contributed by atoms with Gasteiger partial charge in [0.25, 0.3) is 5.09 Å². The second-order valence-electron chi connectivity index (χ2n) is 14.1. The molecule has 0 spiro atoms. The molecule has 1 N–H and O–H groups in total. The number of nitrogens with one attached hydrogen (secondary N) is 1. The van der Waals surface area contributed by atoms with Crippen LogP contribution >= 0.6 is 0 Å². The maximum absolute atomic E-state index is 12.3. The van der Waals surface area contributed by atoms with Gasteiger partial charge in [-0.1, -0.05) is 45.9 Å².